The molecule has 2 aliphatic rings. The van der Waals surface area contributed by atoms with Gasteiger partial charge in [-0.15, -0.1) is 0 Å². The van der Waals surface area contributed by atoms with E-state index in [1.807, 2.05) is 60.7 Å². The van der Waals surface area contributed by atoms with E-state index in [9.17, 15) is 4.79 Å². The summed E-state index contributed by atoms with van der Waals surface area (Å²) in [4.78, 5) is 11.5. The summed E-state index contributed by atoms with van der Waals surface area (Å²) >= 11 is 0. The molecule has 6 nitrogen and oxygen atoms in total. The molecule has 2 aromatic carbocycles. The van der Waals surface area contributed by atoms with Crippen LogP contribution < -0.4 is 0 Å². The van der Waals surface area contributed by atoms with Crippen molar-refractivity contribution in [1.29, 1.82) is 0 Å². The zero-order valence-electron chi connectivity index (χ0n) is 16.4. The van der Waals surface area contributed by atoms with Gasteiger partial charge in [0.1, 0.15) is 18.5 Å². The third-order valence-electron chi connectivity index (χ3n) is 5.44. The second-order valence-electron chi connectivity index (χ2n) is 7.28. The van der Waals surface area contributed by atoms with E-state index in [1.54, 1.807) is 7.11 Å². The lowest BCUT2D eigenvalue weighted by Gasteiger charge is -2.48. The molecule has 2 saturated heterocycles. The number of aldehydes is 1. The van der Waals surface area contributed by atoms with Crippen molar-refractivity contribution in [3.8, 4) is 0 Å². The number of benzene rings is 2. The molecular formula is C23H26O6. The topological polar surface area (TPSA) is 63.2 Å². The van der Waals surface area contributed by atoms with E-state index in [-0.39, 0.29) is 18.1 Å². The maximum atomic E-state index is 11.5. The molecule has 29 heavy (non-hydrogen) atoms. The number of carbonyl (C=O) groups excluding carboxylic acids is 1. The summed E-state index contributed by atoms with van der Waals surface area (Å²) in [5, 5.41) is 0. The van der Waals surface area contributed by atoms with Gasteiger partial charge in [-0.2, -0.15) is 0 Å². The molecule has 2 unspecified atom stereocenters. The molecular weight excluding hydrogens is 372 g/mol. The quantitative estimate of drug-likeness (QED) is 0.667. The highest BCUT2D eigenvalue weighted by Crippen LogP contribution is 2.39. The smallest absolute Gasteiger partial charge is 0.184 e. The first kappa shape index (κ1) is 20.2. The lowest BCUT2D eigenvalue weighted by Crippen LogP contribution is -2.60. The molecule has 0 N–H and O–H groups in total. The standard InChI is InChI=1S/C23H26O6/c1-25-23-21(26-14-16-8-4-2-5-9-16)18(12-13-24)20-19(28-23)15-27-22(29-20)17-10-6-3-7-11-17/h2-11,13,18-23H,12,14-15H2,1H3/t18-,19+,20-,21-,22?,23?/m0/s1. The zero-order chi connectivity index (χ0) is 20.1. The second-order valence-corrected chi connectivity index (χ2v) is 7.28. The third-order valence-corrected chi connectivity index (χ3v) is 5.44. The Bertz CT molecular complexity index is 761. The average molecular weight is 398 g/mol. The Labute approximate surface area is 170 Å². The van der Waals surface area contributed by atoms with Crippen molar-refractivity contribution < 1.29 is 28.5 Å². The predicted octanol–water partition coefficient (Wildman–Crippen LogP) is 3.26. The Morgan fingerprint density at radius 1 is 1.03 bits per heavy atom. The van der Waals surface area contributed by atoms with Crippen LogP contribution in [-0.4, -0.2) is 44.6 Å². The van der Waals surface area contributed by atoms with Crippen molar-refractivity contribution in [2.75, 3.05) is 13.7 Å². The highest BCUT2D eigenvalue weighted by molar-refractivity contribution is 5.50. The summed E-state index contributed by atoms with van der Waals surface area (Å²) in [6.45, 7) is 0.769. The van der Waals surface area contributed by atoms with E-state index >= 15 is 0 Å². The van der Waals surface area contributed by atoms with Crippen LogP contribution in [0.25, 0.3) is 0 Å². The molecule has 0 radical (unpaired) electrons. The third kappa shape index (κ3) is 4.57. The number of fused-ring (bicyclic) bond motifs is 1. The molecule has 2 heterocycles. The van der Waals surface area contributed by atoms with Gasteiger partial charge in [-0.3, -0.25) is 0 Å². The first-order valence-electron chi connectivity index (χ1n) is 9.89. The fourth-order valence-corrected chi connectivity index (χ4v) is 4.00. The Morgan fingerprint density at radius 2 is 1.76 bits per heavy atom. The Kier molecular flexibility index (Phi) is 6.69. The Balaban J connectivity index is 1.53. The van der Waals surface area contributed by atoms with Gasteiger partial charge in [-0.25, -0.2) is 0 Å². The minimum Gasteiger partial charge on any atom is -0.368 e. The van der Waals surface area contributed by atoms with Crippen molar-refractivity contribution in [3.05, 3.63) is 71.8 Å². The van der Waals surface area contributed by atoms with Gasteiger partial charge in [0.25, 0.3) is 0 Å². The van der Waals surface area contributed by atoms with E-state index in [4.69, 9.17) is 23.7 Å². The second kappa shape index (κ2) is 9.61. The van der Waals surface area contributed by atoms with Crippen molar-refractivity contribution in [2.24, 2.45) is 5.92 Å². The lowest BCUT2D eigenvalue weighted by atomic mass is 9.85. The number of ether oxygens (including phenoxy) is 5. The van der Waals surface area contributed by atoms with Crippen molar-refractivity contribution in [1.82, 2.24) is 0 Å². The normalized spacial score (nSPS) is 31.8. The van der Waals surface area contributed by atoms with Gasteiger partial charge in [-0.1, -0.05) is 60.7 Å². The van der Waals surface area contributed by atoms with Crippen LogP contribution in [0.5, 0.6) is 0 Å². The fourth-order valence-electron chi connectivity index (χ4n) is 4.00. The monoisotopic (exact) mass is 398 g/mol. The van der Waals surface area contributed by atoms with Crippen molar-refractivity contribution in [3.63, 3.8) is 0 Å². The first-order valence-corrected chi connectivity index (χ1v) is 9.89. The van der Waals surface area contributed by atoms with Gasteiger partial charge < -0.3 is 28.5 Å². The minimum absolute atomic E-state index is 0.199. The maximum absolute atomic E-state index is 11.5. The average Bonchev–Trinajstić information content (AvgIpc) is 2.79. The van der Waals surface area contributed by atoms with Crippen LogP contribution in [0, 0.1) is 5.92 Å². The number of hydrogen-bond acceptors (Lipinski definition) is 6. The number of methoxy groups -OCH3 is 1. The fraction of sp³-hybridized carbons (Fsp3) is 0.435. The number of carbonyl (C=O) groups is 1. The van der Waals surface area contributed by atoms with Crippen LogP contribution in [0.4, 0.5) is 0 Å². The first-order chi connectivity index (χ1) is 14.3. The number of rotatable bonds is 7. The predicted molar refractivity (Wildman–Crippen MR) is 105 cm³/mol. The van der Waals surface area contributed by atoms with Gasteiger partial charge in [-0.05, 0) is 5.56 Å². The molecule has 0 aliphatic carbocycles. The zero-order valence-corrected chi connectivity index (χ0v) is 16.4. The molecule has 2 aliphatic heterocycles. The molecule has 6 heteroatoms. The number of hydrogen-bond donors (Lipinski definition) is 0. The van der Waals surface area contributed by atoms with Crippen LogP contribution in [0.1, 0.15) is 23.8 Å². The van der Waals surface area contributed by atoms with Gasteiger partial charge in [0, 0.05) is 25.0 Å². The highest BCUT2D eigenvalue weighted by atomic mass is 16.7. The van der Waals surface area contributed by atoms with E-state index in [0.717, 1.165) is 17.4 Å². The summed E-state index contributed by atoms with van der Waals surface area (Å²) in [6.07, 6.45) is -0.955. The molecule has 0 aromatic heterocycles. The van der Waals surface area contributed by atoms with Crippen LogP contribution in [0.2, 0.25) is 0 Å². The van der Waals surface area contributed by atoms with Gasteiger partial charge in [0.2, 0.25) is 0 Å². The van der Waals surface area contributed by atoms with Crippen LogP contribution >= 0.6 is 0 Å². The summed E-state index contributed by atoms with van der Waals surface area (Å²) < 4.78 is 30.0. The van der Waals surface area contributed by atoms with E-state index in [2.05, 4.69) is 0 Å². The summed E-state index contributed by atoms with van der Waals surface area (Å²) in [5.74, 6) is -0.199. The lowest BCUT2D eigenvalue weighted by molar-refractivity contribution is -0.355. The van der Waals surface area contributed by atoms with Crippen LogP contribution in [-0.2, 0) is 35.1 Å². The molecule has 2 aromatic rings. The summed E-state index contributed by atoms with van der Waals surface area (Å²) in [7, 11) is 1.58. The summed E-state index contributed by atoms with van der Waals surface area (Å²) in [5.41, 5.74) is 1.98. The van der Waals surface area contributed by atoms with Gasteiger partial charge >= 0.3 is 0 Å². The Morgan fingerprint density at radius 3 is 2.45 bits per heavy atom. The summed E-state index contributed by atoms with van der Waals surface area (Å²) in [6, 6.07) is 19.7. The molecule has 4 rings (SSSR count). The van der Waals surface area contributed by atoms with Gasteiger partial charge in [0.15, 0.2) is 12.6 Å². The SMILES string of the molecule is COC1O[C@@H]2COC(c3ccccc3)O[C@H]2[C@H](CC=O)[C@@H]1OCc1ccccc1. The van der Waals surface area contributed by atoms with E-state index in [1.165, 1.54) is 0 Å². The molecule has 2 fully saturated rings. The largest absolute Gasteiger partial charge is 0.368 e. The highest BCUT2D eigenvalue weighted by Gasteiger charge is 2.50. The minimum atomic E-state index is -0.592. The van der Waals surface area contributed by atoms with Crippen LogP contribution in [0.15, 0.2) is 60.7 Å². The van der Waals surface area contributed by atoms with Crippen molar-refractivity contribution in [2.45, 2.75) is 43.9 Å². The Hall–Kier alpha value is -2.09. The molecule has 0 amide bonds. The molecule has 6 atom stereocenters. The molecule has 0 saturated carbocycles. The van der Waals surface area contributed by atoms with Gasteiger partial charge in [0.05, 0.1) is 19.3 Å². The van der Waals surface area contributed by atoms with E-state index in [0.29, 0.717) is 19.6 Å². The van der Waals surface area contributed by atoms with Crippen molar-refractivity contribution >= 4 is 6.29 Å². The molecule has 0 spiro atoms. The maximum Gasteiger partial charge on any atom is 0.184 e. The van der Waals surface area contributed by atoms with Crippen LogP contribution in [0.3, 0.4) is 0 Å². The molecule has 0 bridgehead atoms. The van der Waals surface area contributed by atoms with E-state index < -0.39 is 18.7 Å². The molecule has 154 valence electrons.